The van der Waals surface area contributed by atoms with E-state index < -0.39 is 0 Å². The lowest BCUT2D eigenvalue weighted by Crippen LogP contribution is -2.46. The Labute approximate surface area is 190 Å². The molecule has 0 bridgehead atoms. The van der Waals surface area contributed by atoms with Gasteiger partial charge in [-0.1, -0.05) is 29.3 Å². The Morgan fingerprint density at radius 3 is 2.71 bits per heavy atom. The largest absolute Gasteiger partial charge is 0.368 e. The van der Waals surface area contributed by atoms with E-state index in [0.29, 0.717) is 27.8 Å². The van der Waals surface area contributed by atoms with Gasteiger partial charge in [0.1, 0.15) is 5.82 Å². The predicted octanol–water partition coefficient (Wildman–Crippen LogP) is 4.11. The first-order chi connectivity index (χ1) is 15.0. The summed E-state index contributed by atoms with van der Waals surface area (Å²) >= 11 is 12.5. The van der Waals surface area contributed by atoms with Crippen LogP contribution in [0.2, 0.25) is 10.0 Å². The number of aromatic nitrogens is 2. The molecule has 9 heteroatoms. The highest BCUT2D eigenvalue weighted by Gasteiger charge is 2.19. The predicted molar refractivity (Wildman–Crippen MR) is 122 cm³/mol. The Balaban J connectivity index is 1.16. The van der Waals surface area contributed by atoms with E-state index in [0.717, 1.165) is 51.3 Å². The number of amides is 1. The van der Waals surface area contributed by atoms with Crippen LogP contribution in [0.1, 0.15) is 23.3 Å². The van der Waals surface area contributed by atoms with Crippen LogP contribution in [-0.2, 0) is 0 Å². The Kier molecular flexibility index (Phi) is 6.95. The standard InChI is InChI=1S/C22H24Cl2FN5O/c23-18-4-3-5-20(21(18)24)29-12-10-28(11-13-29)9-2-1-8-26-22(31)19-14-17-7-6-16(25)15-30(17)27-19/h3-7,14-15H,1-2,8-13H2,(H,26,31). The molecule has 0 unspecified atom stereocenters. The number of hydrogen-bond acceptors (Lipinski definition) is 4. The van der Waals surface area contributed by atoms with Gasteiger partial charge in [-0.15, -0.1) is 0 Å². The fourth-order valence-electron chi connectivity index (χ4n) is 3.77. The maximum absolute atomic E-state index is 13.3. The van der Waals surface area contributed by atoms with Gasteiger partial charge in [-0.2, -0.15) is 5.10 Å². The number of hydrogen-bond donors (Lipinski definition) is 1. The summed E-state index contributed by atoms with van der Waals surface area (Å²) < 4.78 is 14.6. The second-order valence-corrected chi connectivity index (χ2v) is 8.40. The summed E-state index contributed by atoms with van der Waals surface area (Å²) in [6, 6.07) is 10.3. The lowest BCUT2D eigenvalue weighted by Gasteiger charge is -2.36. The van der Waals surface area contributed by atoms with Crippen LogP contribution in [-0.4, -0.2) is 59.7 Å². The molecule has 1 aromatic carbocycles. The van der Waals surface area contributed by atoms with E-state index in [1.165, 1.54) is 16.8 Å². The molecule has 1 saturated heterocycles. The van der Waals surface area contributed by atoms with Crippen molar-refractivity contribution < 1.29 is 9.18 Å². The monoisotopic (exact) mass is 463 g/mol. The van der Waals surface area contributed by atoms with Crippen molar-refractivity contribution in [3.05, 3.63) is 64.2 Å². The Morgan fingerprint density at radius 1 is 1.10 bits per heavy atom. The molecule has 164 valence electrons. The molecule has 4 rings (SSSR count). The summed E-state index contributed by atoms with van der Waals surface area (Å²) in [5.41, 5.74) is 1.97. The number of nitrogens with zero attached hydrogens (tertiary/aromatic N) is 4. The van der Waals surface area contributed by atoms with E-state index in [1.54, 1.807) is 18.2 Å². The van der Waals surface area contributed by atoms with Crippen molar-refractivity contribution in [2.45, 2.75) is 12.8 Å². The fraction of sp³-hybridized carbons (Fsp3) is 0.364. The zero-order valence-corrected chi connectivity index (χ0v) is 18.5. The van der Waals surface area contributed by atoms with Crippen LogP contribution in [0.3, 0.4) is 0 Å². The Morgan fingerprint density at radius 2 is 1.90 bits per heavy atom. The molecule has 6 nitrogen and oxygen atoms in total. The van der Waals surface area contributed by atoms with Crippen molar-refractivity contribution in [3.63, 3.8) is 0 Å². The minimum atomic E-state index is -0.390. The summed E-state index contributed by atoms with van der Waals surface area (Å²) in [6.07, 6.45) is 3.13. The number of carbonyl (C=O) groups excluding carboxylic acids is 1. The van der Waals surface area contributed by atoms with Crippen molar-refractivity contribution in [1.29, 1.82) is 0 Å². The third-order valence-corrected chi connectivity index (χ3v) is 6.30. The first-order valence-corrected chi connectivity index (χ1v) is 11.1. The van der Waals surface area contributed by atoms with Crippen LogP contribution in [0.15, 0.2) is 42.6 Å². The number of benzene rings is 1. The summed E-state index contributed by atoms with van der Waals surface area (Å²) in [5, 5.41) is 8.21. The minimum Gasteiger partial charge on any atom is -0.368 e. The molecule has 0 spiro atoms. The van der Waals surface area contributed by atoms with Gasteiger partial charge in [0, 0.05) is 32.7 Å². The fourth-order valence-corrected chi connectivity index (χ4v) is 4.19. The van der Waals surface area contributed by atoms with Gasteiger partial charge in [-0.25, -0.2) is 8.91 Å². The molecule has 0 saturated carbocycles. The molecule has 1 fully saturated rings. The molecular formula is C22H24Cl2FN5O. The smallest absolute Gasteiger partial charge is 0.271 e. The maximum Gasteiger partial charge on any atom is 0.271 e. The van der Waals surface area contributed by atoms with Gasteiger partial charge < -0.3 is 10.2 Å². The number of nitrogens with one attached hydrogen (secondary N) is 1. The van der Waals surface area contributed by atoms with Crippen LogP contribution in [0.4, 0.5) is 10.1 Å². The molecule has 1 aliphatic rings. The second-order valence-electron chi connectivity index (χ2n) is 7.61. The molecule has 3 aromatic rings. The zero-order chi connectivity index (χ0) is 21.8. The van der Waals surface area contributed by atoms with Crippen molar-refractivity contribution >= 4 is 40.3 Å². The highest BCUT2D eigenvalue weighted by atomic mass is 35.5. The number of fused-ring (bicyclic) bond motifs is 1. The van der Waals surface area contributed by atoms with Gasteiger partial charge in [0.2, 0.25) is 0 Å². The van der Waals surface area contributed by atoms with Crippen LogP contribution in [0.25, 0.3) is 5.52 Å². The number of pyridine rings is 1. The Hall–Kier alpha value is -2.35. The quantitative estimate of drug-likeness (QED) is 0.535. The summed E-state index contributed by atoms with van der Waals surface area (Å²) in [4.78, 5) is 17.0. The second kappa shape index (κ2) is 9.85. The first-order valence-electron chi connectivity index (χ1n) is 10.4. The number of piperazine rings is 1. The molecule has 0 radical (unpaired) electrons. The summed E-state index contributed by atoms with van der Waals surface area (Å²) in [7, 11) is 0. The number of unbranched alkanes of at least 4 members (excludes halogenated alkanes) is 1. The van der Waals surface area contributed by atoms with Crippen molar-refractivity contribution in [1.82, 2.24) is 19.8 Å². The van der Waals surface area contributed by atoms with Crippen molar-refractivity contribution in [2.24, 2.45) is 0 Å². The van der Waals surface area contributed by atoms with Crippen LogP contribution in [0, 0.1) is 5.82 Å². The normalized spacial score (nSPS) is 14.9. The van der Waals surface area contributed by atoms with Crippen LogP contribution >= 0.6 is 23.2 Å². The molecule has 0 atom stereocenters. The van der Waals surface area contributed by atoms with Crippen molar-refractivity contribution in [3.8, 4) is 0 Å². The molecule has 1 aliphatic heterocycles. The van der Waals surface area contributed by atoms with Gasteiger partial charge in [0.25, 0.3) is 5.91 Å². The lowest BCUT2D eigenvalue weighted by atomic mass is 10.2. The third kappa shape index (κ3) is 5.29. The minimum absolute atomic E-state index is 0.240. The molecular weight excluding hydrogens is 440 g/mol. The molecule has 3 heterocycles. The van der Waals surface area contributed by atoms with E-state index in [-0.39, 0.29) is 11.7 Å². The maximum atomic E-state index is 13.3. The van der Waals surface area contributed by atoms with Gasteiger partial charge >= 0.3 is 0 Å². The van der Waals surface area contributed by atoms with E-state index in [2.05, 4.69) is 20.2 Å². The SMILES string of the molecule is O=C(NCCCCN1CCN(c2cccc(Cl)c2Cl)CC1)c1cc2ccc(F)cn2n1. The average molecular weight is 464 g/mol. The summed E-state index contributed by atoms with van der Waals surface area (Å²) in [5.74, 6) is -0.629. The number of halogens is 3. The van der Waals surface area contributed by atoms with Gasteiger partial charge in [-0.3, -0.25) is 9.69 Å². The van der Waals surface area contributed by atoms with Gasteiger partial charge in [-0.05, 0) is 49.7 Å². The number of carbonyl (C=O) groups is 1. The topological polar surface area (TPSA) is 52.9 Å². The highest BCUT2D eigenvalue weighted by Crippen LogP contribution is 2.32. The molecule has 0 aliphatic carbocycles. The number of anilines is 1. The first kappa shape index (κ1) is 21.9. The van der Waals surface area contributed by atoms with Crippen LogP contribution < -0.4 is 10.2 Å². The zero-order valence-electron chi connectivity index (χ0n) is 17.0. The van der Waals surface area contributed by atoms with E-state index in [9.17, 15) is 9.18 Å². The lowest BCUT2D eigenvalue weighted by molar-refractivity contribution is 0.0947. The van der Waals surface area contributed by atoms with E-state index >= 15 is 0 Å². The third-order valence-electron chi connectivity index (χ3n) is 5.49. The molecule has 2 aromatic heterocycles. The molecule has 1 N–H and O–H groups in total. The number of rotatable bonds is 7. The summed E-state index contributed by atoms with van der Waals surface area (Å²) in [6.45, 7) is 5.32. The molecule has 31 heavy (non-hydrogen) atoms. The Bertz CT molecular complexity index is 1070. The van der Waals surface area contributed by atoms with Crippen LogP contribution in [0.5, 0.6) is 0 Å². The van der Waals surface area contributed by atoms with E-state index in [4.69, 9.17) is 23.2 Å². The molecule has 1 amide bonds. The van der Waals surface area contributed by atoms with Gasteiger partial charge in [0.15, 0.2) is 5.69 Å². The average Bonchev–Trinajstić information content (AvgIpc) is 3.19. The van der Waals surface area contributed by atoms with E-state index in [1.807, 2.05) is 12.1 Å². The van der Waals surface area contributed by atoms with Crippen molar-refractivity contribution in [2.75, 3.05) is 44.2 Å². The highest BCUT2D eigenvalue weighted by molar-refractivity contribution is 6.43. The van der Waals surface area contributed by atoms with Gasteiger partial charge in [0.05, 0.1) is 27.4 Å².